The Balaban J connectivity index is 1.32. The van der Waals surface area contributed by atoms with Crippen molar-refractivity contribution in [2.24, 2.45) is 0 Å². The molecule has 1 aliphatic heterocycles. The maximum absolute atomic E-state index is 12.8. The number of hydrogen-bond acceptors (Lipinski definition) is 6. The zero-order chi connectivity index (χ0) is 19.8. The summed E-state index contributed by atoms with van der Waals surface area (Å²) in [5.41, 5.74) is 0.912. The number of nitrogens with one attached hydrogen (secondary N) is 1. The Labute approximate surface area is 166 Å². The molecule has 2 aromatic rings. The third kappa shape index (κ3) is 6.16. The van der Waals surface area contributed by atoms with Gasteiger partial charge in [0.05, 0.1) is 5.75 Å². The van der Waals surface area contributed by atoms with Crippen LogP contribution in [0.25, 0.3) is 0 Å². The number of fused-ring (bicyclic) bond motifs is 1. The minimum atomic E-state index is -0.478. The van der Waals surface area contributed by atoms with Crippen LogP contribution in [-0.4, -0.2) is 44.0 Å². The molecule has 3 rings (SSSR count). The molecular weight excluding hydrogens is 385 g/mol. The fourth-order valence-electron chi connectivity index (χ4n) is 2.49. The van der Waals surface area contributed by atoms with Crippen LogP contribution in [0.3, 0.4) is 0 Å². The van der Waals surface area contributed by atoms with E-state index in [1.807, 2.05) is 12.1 Å². The summed E-state index contributed by atoms with van der Waals surface area (Å²) >= 11 is 1.30. The second-order valence-electron chi connectivity index (χ2n) is 5.98. The summed E-state index contributed by atoms with van der Waals surface area (Å²) in [5, 5.41) is 2.66. The van der Waals surface area contributed by atoms with E-state index in [0.717, 1.165) is 10.5 Å². The van der Waals surface area contributed by atoms with Crippen molar-refractivity contribution in [1.29, 1.82) is 0 Å². The first-order chi connectivity index (χ1) is 13.6. The van der Waals surface area contributed by atoms with Crippen molar-refractivity contribution in [3.8, 4) is 11.5 Å². The van der Waals surface area contributed by atoms with E-state index < -0.39 is 5.97 Å². The SMILES string of the molecule is O=C(COC(=O)CSc1ccc2c(c1)OCCO2)NCCc1ccc(F)cc1. The van der Waals surface area contributed by atoms with E-state index in [4.69, 9.17) is 14.2 Å². The first-order valence-corrected chi connectivity index (χ1v) is 9.78. The van der Waals surface area contributed by atoms with E-state index in [1.165, 1.54) is 23.9 Å². The summed E-state index contributed by atoms with van der Waals surface area (Å²) in [6.45, 7) is 1.08. The van der Waals surface area contributed by atoms with Gasteiger partial charge in [-0.15, -0.1) is 11.8 Å². The van der Waals surface area contributed by atoms with Gasteiger partial charge in [-0.1, -0.05) is 12.1 Å². The maximum Gasteiger partial charge on any atom is 0.316 e. The number of carbonyl (C=O) groups is 2. The summed E-state index contributed by atoms with van der Waals surface area (Å²) in [6.07, 6.45) is 0.569. The second-order valence-corrected chi connectivity index (χ2v) is 7.03. The lowest BCUT2D eigenvalue weighted by atomic mass is 10.1. The summed E-state index contributed by atoms with van der Waals surface area (Å²) < 4.78 is 28.8. The average Bonchev–Trinajstić information content (AvgIpc) is 2.72. The van der Waals surface area contributed by atoms with Crippen LogP contribution in [-0.2, 0) is 20.7 Å². The van der Waals surface area contributed by atoms with Gasteiger partial charge in [-0.2, -0.15) is 0 Å². The Kier molecular flexibility index (Phi) is 7.13. The van der Waals surface area contributed by atoms with E-state index in [1.54, 1.807) is 18.2 Å². The number of amides is 1. The zero-order valence-corrected chi connectivity index (χ0v) is 15.9. The summed E-state index contributed by atoms with van der Waals surface area (Å²) in [5.74, 6) is 0.283. The maximum atomic E-state index is 12.8. The van der Waals surface area contributed by atoms with Crippen LogP contribution in [0, 0.1) is 5.82 Å². The molecule has 0 unspecified atom stereocenters. The molecule has 28 heavy (non-hydrogen) atoms. The van der Waals surface area contributed by atoms with Gasteiger partial charge in [0.1, 0.15) is 19.0 Å². The molecule has 1 amide bonds. The number of thioether (sulfide) groups is 1. The second kappa shape index (κ2) is 9.98. The number of hydrogen-bond donors (Lipinski definition) is 1. The van der Waals surface area contributed by atoms with Crippen LogP contribution in [0.1, 0.15) is 5.56 Å². The van der Waals surface area contributed by atoms with Crippen molar-refractivity contribution in [2.45, 2.75) is 11.3 Å². The summed E-state index contributed by atoms with van der Waals surface area (Å²) in [6, 6.07) is 11.5. The van der Waals surface area contributed by atoms with Crippen molar-refractivity contribution in [3.63, 3.8) is 0 Å². The van der Waals surface area contributed by atoms with Crippen molar-refractivity contribution in [2.75, 3.05) is 32.1 Å². The lowest BCUT2D eigenvalue weighted by Gasteiger charge is -2.18. The predicted octanol–water partition coefficient (Wildman–Crippen LogP) is 2.59. The fraction of sp³-hybridized carbons (Fsp3) is 0.300. The first-order valence-electron chi connectivity index (χ1n) is 8.79. The molecule has 0 atom stereocenters. The molecule has 2 aromatic carbocycles. The molecule has 0 saturated carbocycles. The monoisotopic (exact) mass is 405 g/mol. The highest BCUT2D eigenvalue weighted by Crippen LogP contribution is 2.34. The lowest BCUT2D eigenvalue weighted by Crippen LogP contribution is -2.30. The van der Waals surface area contributed by atoms with Gasteiger partial charge in [-0.05, 0) is 42.3 Å². The largest absolute Gasteiger partial charge is 0.486 e. The topological polar surface area (TPSA) is 73.9 Å². The molecule has 0 bridgehead atoms. The third-order valence-corrected chi connectivity index (χ3v) is 4.85. The first kappa shape index (κ1) is 20.0. The Morgan fingerprint density at radius 1 is 1.07 bits per heavy atom. The molecule has 0 spiro atoms. The van der Waals surface area contributed by atoms with E-state index in [2.05, 4.69) is 5.32 Å². The van der Waals surface area contributed by atoms with E-state index in [9.17, 15) is 14.0 Å². The minimum absolute atomic E-state index is 0.0858. The lowest BCUT2D eigenvalue weighted by molar-refractivity contribution is -0.145. The molecule has 1 N–H and O–H groups in total. The molecule has 0 saturated heterocycles. The number of esters is 1. The normalized spacial score (nSPS) is 12.3. The van der Waals surface area contributed by atoms with Gasteiger partial charge < -0.3 is 19.5 Å². The molecular formula is C20H20FNO5S. The van der Waals surface area contributed by atoms with Gasteiger partial charge in [-0.3, -0.25) is 9.59 Å². The molecule has 0 radical (unpaired) electrons. The standard InChI is InChI=1S/C20H20FNO5S/c21-15-3-1-14(2-4-15)7-8-22-19(23)12-27-20(24)13-28-16-5-6-17-18(11-16)26-10-9-25-17/h1-6,11H,7-10,12-13H2,(H,22,23). The third-order valence-electron chi connectivity index (χ3n) is 3.88. The Morgan fingerprint density at radius 3 is 2.61 bits per heavy atom. The molecule has 0 aromatic heterocycles. The number of halogens is 1. The average molecular weight is 405 g/mol. The van der Waals surface area contributed by atoms with E-state index >= 15 is 0 Å². The van der Waals surface area contributed by atoms with Crippen molar-refractivity contribution < 1.29 is 28.2 Å². The van der Waals surface area contributed by atoms with Gasteiger partial charge in [0.15, 0.2) is 18.1 Å². The number of benzene rings is 2. The number of ether oxygens (including phenoxy) is 3. The Hall–Kier alpha value is -2.74. The Morgan fingerprint density at radius 2 is 1.82 bits per heavy atom. The highest BCUT2D eigenvalue weighted by Gasteiger charge is 2.13. The van der Waals surface area contributed by atoms with Gasteiger partial charge >= 0.3 is 5.97 Å². The molecule has 1 aliphatic rings. The quantitative estimate of drug-likeness (QED) is 0.538. The Bertz CT molecular complexity index is 828. The van der Waals surface area contributed by atoms with Crippen LogP contribution >= 0.6 is 11.8 Å². The van der Waals surface area contributed by atoms with Crippen molar-refractivity contribution >= 4 is 23.6 Å². The molecule has 148 valence electrons. The van der Waals surface area contributed by atoms with E-state index in [0.29, 0.717) is 37.7 Å². The van der Waals surface area contributed by atoms with Crippen LogP contribution < -0.4 is 14.8 Å². The minimum Gasteiger partial charge on any atom is -0.486 e. The molecule has 0 aliphatic carbocycles. The van der Waals surface area contributed by atoms with E-state index in [-0.39, 0.29) is 24.1 Å². The zero-order valence-electron chi connectivity index (χ0n) is 15.1. The highest BCUT2D eigenvalue weighted by atomic mass is 32.2. The van der Waals surface area contributed by atoms with Crippen LogP contribution in [0.2, 0.25) is 0 Å². The molecule has 1 heterocycles. The number of carbonyl (C=O) groups excluding carboxylic acids is 2. The van der Waals surface area contributed by atoms with Crippen molar-refractivity contribution in [3.05, 3.63) is 53.8 Å². The smallest absolute Gasteiger partial charge is 0.316 e. The summed E-state index contributed by atoms with van der Waals surface area (Å²) in [4.78, 5) is 24.4. The van der Waals surface area contributed by atoms with Gasteiger partial charge in [0.2, 0.25) is 0 Å². The van der Waals surface area contributed by atoms with Gasteiger partial charge in [0, 0.05) is 11.4 Å². The summed E-state index contributed by atoms with van der Waals surface area (Å²) in [7, 11) is 0. The van der Waals surface area contributed by atoms with Gasteiger partial charge in [0.25, 0.3) is 5.91 Å². The van der Waals surface area contributed by atoms with Crippen LogP contribution in [0.5, 0.6) is 11.5 Å². The molecule has 0 fully saturated rings. The van der Waals surface area contributed by atoms with Crippen molar-refractivity contribution in [1.82, 2.24) is 5.32 Å². The fourth-order valence-corrected chi connectivity index (χ4v) is 3.21. The van der Waals surface area contributed by atoms with Crippen LogP contribution in [0.4, 0.5) is 4.39 Å². The van der Waals surface area contributed by atoms with Crippen LogP contribution in [0.15, 0.2) is 47.4 Å². The van der Waals surface area contributed by atoms with Gasteiger partial charge in [-0.25, -0.2) is 4.39 Å². The number of rotatable bonds is 8. The highest BCUT2D eigenvalue weighted by molar-refractivity contribution is 8.00. The molecule has 6 nitrogen and oxygen atoms in total. The molecule has 8 heteroatoms. The predicted molar refractivity (Wildman–Crippen MR) is 102 cm³/mol.